The molecule has 0 aliphatic heterocycles. The quantitative estimate of drug-likeness (QED) is 0.158. The molecule has 0 spiro atoms. The van der Waals surface area contributed by atoms with E-state index in [1.807, 2.05) is 0 Å². The van der Waals surface area contributed by atoms with Gasteiger partial charge >= 0.3 is 0 Å². The molecule has 0 saturated carbocycles. The van der Waals surface area contributed by atoms with Crippen molar-refractivity contribution in [1.82, 2.24) is 0 Å². The molecule has 8 aromatic carbocycles. The van der Waals surface area contributed by atoms with Gasteiger partial charge in [0, 0.05) is 40.0 Å². The van der Waals surface area contributed by atoms with Gasteiger partial charge in [0.05, 0.1) is 0 Å². The van der Waals surface area contributed by atoms with Crippen LogP contribution in [0.1, 0.15) is 33.7 Å². The maximum atomic E-state index is 2.39. The van der Waals surface area contributed by atoms with Crippen LogP contribution in [0.5, 0.6) is 0 Å². The topological polar surface area (TPSA) is 6.48 Å². The van der Waals surface area contributed by atoms with Gasteiger partial charge in [-0.15, -0.1) is 0 Å². The molecule has 0 bridgehead atoms. The fraction of sp³-hybridized carbons (Fsp3) is 0.0588. The zero-order valence-corrected chi connectivity index (χ0v) is 30.0. The lowest BCUT2D eigenvalue weighted by Crippen LogP contribution is -2.12. The van der Waals surface area contributed by atoms with Crippen molar-refractivity contribution in [3.8, 4) is 22.3 Å². The van der Waals surface area contributed by atoms with E-state index in [1.165, 1.54) is 50.1 Å². The molecule has 1 atom stereocenters. The van der Waals surface area contributed by atoms with Crippen LogP contribution < -0.4 is 9.80 Å². The third kappa shape index (κ3) is 6.19. The lowest BCUT2D eigenvalue weighted by molar-refractivity contribution is 1.01. The summed E-state index contributed by atoms with van der Waals surface area (Å²) < 4.78 is 0. The highest BCUT2D eigenvalue weighted by Crippen LogP contribution is 2.49. The molecule has 9 rings (SSSR count). The second-order valence-electron chi connectivity index (χ2n) is 14.0. The van der Waals surface area contributed by atoms with Crippen molar-refractivity contribution in [3.05, 3.63) is 228 Å². The van der Waals surface area contributed by atoms with Crippen LogP contribution in [0, 0.1) is 13.8 Å². The minimum atomic E-state index is 0.251. The van der Waals surface area contributed by atoms with Crippen molar-refractivity contribution >= 4 is 34.1 Å². The molecule has 2 nitrogen and oxygen atoms in total. The van der Waals surface area contributed by atoms with Crippen molar-refractivity contribution < 1.29 is 0 Å². The Labute approximate surface area is 312 Å². The zero-order chi connectivity index (χ0) is 35.7. The van der Waals surface area contributed by atoms with Gasteiger partial charge in [-0.1, -0.05) is 132 Å². The van der Waals surface area contributed by atoms with Gasteiger partial charge in [0.2, 0.25) is 0 Å². The Kier molecular flexibility index (Phi) is 8.42. The van der Waals surface area contributed by atoms with E-state index in [2.05, 4.69) is 224 Å². The van der Waals surface area contributed by atoms with Crippen LogP contribution in [-0.4, -0.2) is 0 Å². The Morgan fingerprint density at radius 3 is 1.23 bits per heavy atom. The predicted octanol–water partition coefficient (Wildman–Crippen LogP) is 14.1. The van der Waals surface area contributed by atoms with Crippen LogP contribution in [0.2, 0.25) is 0 Å². The Morgan fingerprint density at radius 2 is 0.698 bits per heavy atom. The fourth-order valence-corrected chi connectivity index (χ4v) is 7.84. The largest absolute Gasteiger partial charge is 0.311 e. The molecule has 8 aromatic rings. The first-order valence-electron chi connectivity index (χ1n) is 18.4. The van der Waals surface area contributed by atoms with Gasteiger partial charge in [-0.3, -0.25) is 0 Å². The van der Waals surface area contributed by atoms with Gasteiger partial charge in [-0.05, 0) is 132 Å². The molecule has 0 saturated heterocycles. The van der Waals surface area contributed by atoms with E-state index >= 15 is 0 Å². The van der Waals surface area contributed by atoms with Crippen molar-refractivity contribution in [2.75, 3.05) is 9.80 Å². The molecular weight excluding hydrogens is 641 g/mol. The Hall–Kier alpha value is -6.64. The number of aryl methyl sites for hydroxylation is 2. The Balaban J connectivity index is 1.06. The van der Waals surface area contributed by atoms with E-state index < -0.39 is 0 Å². The Bertz CT molecular complexity index is 2490. The van der Waals surface area contributed by atoms with Gasteiger partial charge in [0.15, 0.2) is 0 Å². The molecule has 2 heteroatoms. The first-order valence-corrected chi connectivity index (χ1v) is 18.4. The highest BCUT2D eigenvalue weighted by molar-refractivity contribution is 5.86. The number of nitrogens with zero attached hydrogens (tertiary/aromatic N) is 2. The SMILES string of the molecule is Cc1ccc(N(c2ccccc2)c2ccc(N(c3ccccc3)c3ccc(-c4ccc5c(c4)-c4cc(C)ccc4C5c4ccccc4)cc3)cc2)cc1. The molecule has 0 radical (unpaired) electrons. The highest BCUT2D eigenvalue weighted by atomic mass is 15.2. The number of benzene rings is 8. The van der Waals surface area contributed by atoms with Gasteiger partial charge in [-0.2, -0.15) is 0 Å². The van der Waals surface area contributed by atoms with Crippen LogP contribution in [-0.2, 0) is 0 Å². The number of anilines is 6. The van der Waals surface area contributed by atoms with Crippen molar-refractivity contribution in [1.29, 1.82) is 0 Å². The minimum Gasteiger partial charge on any atom is -0.311 e. The zero-order valence-electron chi connectivity index (χ0n) is 30.0. The lowest BCUT2D eigenvalue weighted by Gasteiger charge is -2.28. The first-order chi connectivity index (χ1) is 26.1. The molecule has 53 heavy (non-hydrogen) atoms. The maximum Gasteiger partial charge on any atom is 0.0463 e. The average Bonchev–Trinajstić information content (AvgIpc) is 3.53. The molecule has 0 aromatic heterocycles. The summed E-state index contributed by atoms with van der Waals surface area (Å²) in [6.07, 6.45) is 0. The number of rotatable bonds is 8. The van der Waals surface area contributed by atoms with E-state index in [1.54, 1.807) is 0 Å². The third-order valence-corrected chi connectivity index (χ3v) is 10.5. The molecule has 0 amide bonds. The first kappa shape index (κ1) is 32.3. The molecule has 1 aliphatic carbocycles. The summed E-state index contributed by atoms with van der Waals surface area (Å²) in [5.41, 5.74) is 18.4. The number of fused-ring (bicyclic) bond motifs is 3. The fourth-order valence-electron chi connectivity index (χ4n) is 7.84. The number of hydrogen-bond acceptors (Lipinski definition) is 2. The summed E-state index contributed by atoms with van der Waals surface area (Å²) in [7, 11) is 0. The second kappa shape index (κ2) is 13.8. The van der Waals surface area contributed by atoms with Crippen LogP contribution in [0.15, 0.2) is 200 Å². The third-order valence-electron chi connectivity index (χ3n) is 10.5. The van der Waals surface area contributed by atoms with Crippen molar-refractivity contribution in [2.45, 2.75) is 19.8 Å². The average molecular weight is 681 g/mol. The van der Waals surface area contributed by atoms with Crippen LogP contribution in [0.4, 0.5) is 34.1 Å². The van der Waals surface area contributed by atoms with E-state index in [0.29, 0.717) is 0 Å². The molecule has 0 heterocycles. The molecule has 0 fully saturated rings. The molecule has 254 valence electrons. The summed E-state index contributed by atoms with van der Waals surface area (Å²) >= 11 is 0. The standard InChI is InChI=1S/C51H40N2/c1-36-18-24-43(25-19-36)52(41-14-8-4-9-15-41)45-28-30-46(31-29-45)53(42-16-10-5-11-17-42)44-26-21-38(22-27-44)40-23-33-48-50(35-40)49-34-37(2)20-32-47(49)51(48)39-12-6-3-7-13-39/h3-35,51H,1-2H3. The monoisotopic (exact) mass is 680 g/mol. The maximum absolute atomic E-state index is 2.39. The van der Waals surface area contributed by atoms with E-state index in [0.717, 1.165) is 34.1 Å². The summed E-state index contributed by atoms with van der Waals surface area (Å²) in [6, 6.07) is 72.7. The van der Waals surface area contributed by atoms with Crippen molar-refractivity contribution in [2.24, 2.45) is 0 Å². The van der Waals surface area contributed by atoms with E-state index in [-0.39, 0.29) is 5.92 Å². The predicted molar refractivity (Wildman–Crippen MR) is 224 cm³/mol. The van der Waals surface area contributed by atoms with Crippen LogP contribution in [0.25, 0.3) is 22.3 Å². The van der Waals surface area contributed by atoms with Crippen LogP contribution in [0.3, 0.4) is 0 Å². The van der Waals surface area contributed by atoms with Gasteiger partial charge in [0.1, 0.15) is 0 Å². The highest BCUT2D eigenvalue weighted by Gasteiger charge is 2.30. The van der Waals surface area contributed by atoms with Crippen molar-refractivity contribution in [3.63, 3.8) is 0 Å². The Morgan fingerprint density at radius 1 is 0.321 bits per heavy atom. The number of hydrogen-bond donors (Lipinski definition) is 0. The summed E-state index contributed by atoms with van der Waals surface area (Å²) in [6.45, 7) is 4.32. The van der Waals surface area contributed by atoms with Gasteiger partial charge in [-0.25, -0.2) is 0 Å². The summed E-state index contributed by atoms with van der Waals surface area (Å²) in [4.78, 5) is 4.64. The lowest BCUT2D eigenvalue weighted by atomic mass is 9.89. The van der Waals surface area contributed by atoms with Gasteiger partial charge < -0.3 is 9.80 Å². The minimum absolute atomic E-state index is 0.251. The van der Waals surface area contributed by atoms with E-state index in [9.17, 15) is 0 Å². The normalized spacial score (nSPS) is 12.9. The smallest absolute Gasteiger partial charge is 0.0463 e. The molecule has 0 N–H and O–H groups in total. The van der Waals surface area contributed by atoms with E-state index in [4.69, 9.17) is 0 Å². The van der Waals surface area contributed by atoms with Crippen LogP contribution >= 0.6 is 0 Å². The molecular formula is C51H40N2. The molecule has 1 aliphatic rings. The summed E-state index contributed by atoms with van der Waals surface area (Å²) in [5, 5.41) is 0. The van der Waals surface area contributed by atoms with Gasteiger partial charge in [0.25, 0.3) is 0 Å². The summed E-state index contributed by atoms with van der Waals surface area (Å²) in [5.74, 6) is 0.251. The second-order valence-corrected chi connectivity index (χ2v) is 14.0. The molecule has 1 unspecified atom stereocenters. The number of para-hydroxylation sites is 2.